The van der Waals surface area contributed by atoms with Crippen molar-refractivity contribution in [1.82, 2.24) is 10.2 Å². The summed E-state index contributed by atoms with van der Waals surface area (Å²) in [5.74, 6) is -0.0243. The molecule has 2 aliphatic rings. The summed E-state index contributed by atoms with van der Waals surface area (Å²) >= 11 is 0. The van der Waals surface area contributed by atoms with Gasteiger partial charge in [-0.2, -0.15) is 0 Å². The Labute approximate surface area is 178 Å². The summed E-state index contributed by atoms with van der Waals surface area (Å²) in [7, 11) is -1.77. The van der Waals surface area contributed by atoms with Gasteiger partial charge >= 0.3 is 0 Å². The third-order valence-electron chi connectivity index (χ3n) is 5.75. The topological polar surface area (TPSA) is 78.5 Å². The van der Waals surface area contributed by atoms with Crippen LogP contribution in [0.2, 0.25) is 0 Å². The van der Waals surface area contributed by atoms with Crippen LogP contribution in [-0.2, 0) is 10.0 Å². The van der Waals surface area contributed by atoms with E-state index in [0.717, 1.165) is 12.8 Å². The lowest BCUT2D eigenvalue weighted by Crippen LogP contribution is -2.48. The third kappa shape index (κ3) is 4.74. The van der Waals surface area contributed by atoms with Gasteiger partial charge in [0.15, 0.2) is 0 Å². The molecule has 0 aromatic heterocycles. The third-order valence-corrected chi connectivity index (χ3v) is 7.15. The molecule has 4 rings (SSSR count). The Morgan fingerprint density at radius 1 is 1.00 bits per heavy atom. The maximum atomic E-state index is 12.9. The van der Waals surface area contributed by atoms with Crippen LogP contribution in [0.15, 0.2) is 59.5 Å². The van der Waals surface area contributed by atoms with E-state index in [4.69, 9.17) is 0 Å². The van der Waals surface area contributed by atoms with Crippen LogP contribution in [0.4, 0.5) is 5.69 Å². The molecule has 0 radical (unpaired) electrons. The van der Waals surface area contributed by atoms with Crippen molar-refractivity contribution in [3.63, 3.8) is 0 Å². The highest BCUT2D eigenvalue weighted by Crippen LogP contribution is 2.30. The van der Waals surface area contributed by atoms with E-state index in [-0.39, 0.29) is 29.3 Å². The summed E-state index contributed by atoms with van der Waals surface area (Å²) in [6.07, 6.45) is 4.38. The molecule has 1 amide bonds. The second-order valence-corrected chi connectivity index (χ2v) is 9.36. The van der Waals surface area contributed by atoms with Gasteiger partial charge in [0.05, 0.1) is 4.90 Å². The Morgan fingerprint density at radius 2 is 1.59 bits per heavy atom. The smallest absolute Gasteiger partial charge is 0.261 e. The predicted molar refractivity (Wildman–Crippen MR) is 116 cm³/mol. The average molecular weight is 436 g/mol. The lowest BCUT2D eigenvalue weighted by atomic mass is 9.98. The van der Waals surface area contributed by atoms with E-state index < -0.39 is 10.0 Å². The van der Waals surface area contributed by atoms with Crippen molar-refractivity contribution in [2.75, 3.05) is 11.8 Å². The first-order valence-electron chi connectivity index (χ1n) is 9.63. The monoisotopic (exact) mass is 435 g/mol. The molecule has 156 valence electrons. The van der Waals surface area contributed by atoms with Gasteiger partial charge in [-0.25, -0.2) is 8.42 Å². The minimum absolute atomic E-state index is 0. The summed E-state index contributed by atoms with van der Waals surface area (Å²) in [4.78, 5) is 14.9. The van der Waals surface area contributed by atoms with Gasteiger partial charge in [0, 0.05) is 36.4 Å². The quantitative estimate of drug-likeness (QED) is 0.755. The van der Waals surface area contributed by atoms with Crippen LogP contribution < -0.4 is 10.0 Å². The fourth-order valence-corrected chi connectivity index (χ4v) is 5.29. The second-order valence-electron chi connectivity index (χ2n) is 7.68. The molecule has 2 aromatic rings. The van der Waals surface area contributed by atoms with Crippen molar-refractivity contribution in [2.45, 2.75) is 48.7 Å². The molecular weight excluding hydrogens is 410 g/mol. The number of nitrogens with one attached hydrogen (secondary N) is 2. The molecule has 2 atom stereocenters. The molecule has 2 aromatic carbocycles. The fourth-order valence-electron chi connectivity index (χ4n) is 4.21. The van der Waals surface area contributed by atoms with E-state index in [1.54, 1.807) is 54.6 Å². The largest absolute Gasteiger partial charge is 0.339 e. The Bertz CT molecular complexity index is 939. The highest BCUT2D eigenvalue weighted by atomic mass is 35.5. The predicted octanol–water partition coefficient (Wildman–Crippen LogP) is 3.26. The minimum Gasteiger partial charge on any atom is -0.339 e. The highest BCUT2D eigenvalue weighted by molar-refractivity contribution is 7.92. The van der Waals surface area contributed by atoms with Gasteiger partial charge in [-0.1, -0.05) is 18.2 Å². The Hall–Kier alpha value is -2.09. The van der Waals surface area contributed by atoms with Gasteiger partial charge in [-0.15, -0.1) is 12.4 Å². The molecule has 2 fully saturated rings. The molecule has 8 heteroatoms. The van der Waals surface area contributed by atoms with E-state index in [9.17, 15) is 13.2 Å². The summed E-state index contributed by atoms with van der Waals surface area (Å²) in [6.45, 7) is 0. The molecule has 2 heterocycles. The number of piperidine rings is 1. The number of rotatable bonds is 5. The zero-order valence-electron chi connectivity index (χ0n) is 16.2. The van der Waals surface area contributed by atoms with Crippen LogP contribution in [0.1, 0.15) is 36.0 Å². The number of carbonyl (C=O) groups excluding carboxylic acids is 1. The first-order valence-corrected chi connectivity index (χ1v) is 11.1. The lowest BCUT2D eigenvalue weighted by Gasteiger charge is -2.35. The van der Waals surface area contributed by atoms with Crippen LogP contribution >= 0.6 is 12.4 Å². The van der Waals surface area contributed by atoms with Gasteiger partial charge in [0.25, 0.3) is 15.9 Å². The van der Waals surface area contributed by atoms with Gasteiger partial charge in [0.1, 0.15) is 0 Å². The number of hydrogen-bond donors (Lipinski definition) is 2. The van der Waals surface area contributed by atoms with Crippen LogP contribution in [0.3, 0.4) is 0 Å². The van der Waals surface area contributed by atoms with Gasteiger partial charge in [-0.05, 0) is 62.1 Å². The zero-order valence-corrected chi connectivity index (χ0v) is 17.9. The Balaban J connectivity index is 0.00000240. The van der Waals surface area contributed by atoms with Crippen LogP contribution in [0, 0.1) is 0 Å². The number of nitrogens with zero attached hydrogens (tertiary/aromatic N) is 1. The van der Waals surface area contributed by atoms with Gasteiger partial charge in [0.2, 0.25) is 0 Å². The summed E-state index contributed by atoms with van der Waals surface area (Å²) in [5.41, 5.74) is 0.999. The van der Waals surface area contributed by atoms with E-state index in [1.807, 2.05) is 11.9 Å². The molecule has 29 heavy (non-hydrogen) atoms. The summed E-state index contributed by atoms with van der Waals surface area (Å²) in [5, 5.41) is 3.59. The fraction of sp³-hybridized carbons (Fsp3) is 0.381. The number of halogens is 1. The maximum Gasteiger partial charge on any atom is 0.261 e. The number of hydrogen-bond acceptors (Lipinski definition) is 4. The van der Waals surface area contributed by atoms with Crippen molar-refractivity contribution in [1.29, 1.82) is 0 Å². The van der Waals surface area contributed by atoms with Crippen molar-refractivity contribution in [2.24, 2.45) is 0 Å². The zero-order chi connectivity index (χ0) is 19.7. The van der Waals surface area contributed by atoms with Gasteiger partial charge in [-0.3, -0.25) is 9.52 Å². The van der Waals surface area contributed by atoms with Crippen molar-refractivity contribution >= 4 is 34.0 Å². The van der Waals surface area contributed by atoms with Crippen molar-refractivity contribution in [3.8, 4) is 0 Å². The summed E-state index contributed by atoms with van der Waals surface area (Å²) < 4.78 is 27.4. The molecule has 0 aliphatic carbocycles. The van der Waals surface area contributed by atoms with E-state index >= 15 is 0 Å². The molecule has 2 aliphatic heterocycles. The standard InChI is InChI=1S/C21H25N3O3S.ClH/c1-24(19-13-17-11-12-18(14-19)22-17)21(25)15-7-9-16(10-8-15)23-28(26,27)20-5-3-2-4-6-20;/h2-10,17-19,22-23H,11-14H2,1H3;1H. The molecule has 2 bridgehead atoms. The Kier molecular flexibility index (Phi) is 6.51. The number of carbonyl (C=O) groups is 1. The number of fused-ring (bicyclic) bond motifs is 2. The molecule has 2 N–H and O–H groups in total. The number of sulfonamides is 1. The van der Waals surface area contributed by atoms with E-state index in [2.05, 4.69) is 10.0 Å². The van der Waals surface area contributed by atoms with E-state index in [0.29, 0.717) is 23.3 Å². The number of amides is 1. The first-order chi connectivity index (χ1) is 13.4. The van der Waals surface area contributed by atoms with Crippen LogP contribution in [0.25, 0.3) is 0 Å². The molecule has 2 saturated heterocycles. The average Bonchev–Trinajstić information content (AvgIpc) is 3.05. The van der Waals surface area contributed by atoms with Crippen molar-refractivity contribution in [3.05, 3.63) is 60.2 Å². The Morgan fingerprint density at radius 3 is 2.17 bits per heavy atom. The lowest BCUT2D eigenvalue weighted by molar-refractivity contribution is 0.0681. The number of anilines is 1. The summed E-state index contributed by atoms with van der Waals surface area (Å²) in [6, 6.07) is 16.1. The highest BCUT2D eigenvalue weighted by Gasteiger charge is 2.36. The SMILES string of the molecule is CN(C(=O)c1ccc(NS(=O)(=O)c2ccccc2)cc1)C1CC2CCC(C1)N2.Cl. The van der Waals surface area contributed by atoms with Crippen LogP contribution in [0.5, 0.6) is 0 Å². The molecule has 0 spiro atoms. The van der Waals surface area contributed by atoms with Crippen molar-refractivity contribution < 1.29 is 13.2 Å². The maximum absolute atomic E-state index is 12.9. The first kappa shape index (κ1) is 21.6. The van der Waals surface area contributed by atoms with E-state index in [1.165, 1.54) is 12.8 Å². The van der Waals surface area contributed by atoms with Crippen LogP contribution in [-0.4, -0.2) is 44.4 Å². The normalized spacial score (nSPS) is 23.1. The molecular formula is C21H26ClN3O3S. The molecule has 2 unspecified atom stereocenters. The minimum atomic E-state index is -3.64. The van der Waals surface area contributed by atoms with Gasteiger partial charge < -0.3 is 10.2 Å². The second kappa shape index (κ2) is 8.73. The molecule has 0 saturated carbocycles. The number of benzene rings is 2. The molecule has 6 nitrogen and oxygen atoms in total.